The first kappa shape index (κ1) is 14.7. The smallest absolute Gasteiger partial charge is 0.184 e. The number of nitrogens with zero attached hydrogens (tertiary/aromatic N) is 2. The van der Waals surface area contributed by atoms with Crippen molar-refractivity contribution in [2.45, 2.75) is 58.9 Å². The van der Waals surface area contributed by atoms with Crippen LogP contribution >= 0.6 is 0 Å². The fraction of sp³-hybridized carbons (Fsp3) is 0.714. The number of ketones is 1. The number of aromatic nitrogens is 2. The highest BCUT2D eigenvalue weighted by atomic mass is 16.5. The van der Waals surface area contributed by atoms with Gasteiger partial charge in [-0.3, -0.25) is 9.48 Å². The molecule has 102 valence electrons. The number of carbonyl (C=O) groups is 1. The van der Waals surface area contributed by atoms with Gasteiger partial charge in [0.25, 0.3) is 0 Å². The molecule has 0 aliphatic rings. The van der Waals surface area contributed by atoms with Crippen LogP contribution in [0.3, 0.4) is 0 Å². The highest BCUT2D eigenvalue weighted by molar-refractivity contribution is 5.97. The molecule has 0 spiro atoms. The zero-order chi connectivity index (χ0) is 13.5. The van der Waals surface area contributed by atoms with Crippen LogP contribution in [0, 0.1) is 0 Å². The molecule has 4 nitrogen and oxygen atoms in total. The van der Waals surface area contributed by atoms with E-state index in [1.807, 2.05) is 13.8 Å². The normalized spacial score (nSPS) is 10.9. The fourth-order valence-electron chi connectivity index (χ4n) is 1.98. The Labute approximate surface area is 109 Å². The molecule has 0 saturated carbocycles. The summed E-state index contributed by atoms with van der Waals surface area (Å²) in [6.07, 6.45) is 6.63. The number of ether oxygens (including phenoxy) is 1. The van der Waals surface area contributed by atoms with Crippen LogP contribution in [0.15, 0.2) is 6.20 Å². The van der Waals surface area contributed by atoms with Gasteiger partial charge in [0.05, 0.1) is 13.3 Å². The first-order chi connectivity index (χ1) is 8.61. The molecule has 1 rings (SSSR count). The van der Waals surface area contributed by atoms with Crippen molar-refractivity contribution in [2.75, 3.05) is 7.11 Å². The average Bonchev–Trinajstić information content (AvgIpc) is 2.78. The van der Waals surface area contributed by atoms with Crippen molar-refractivity contribution >= 4 is 5.78 Å². The molecule has 0 fully saturated rings. The second-order valence-corrected chi connectivity index (χ2v) is 4.83. The Bertz CT molecular complexity index is 383. The zero-order valence-corrected chi connectivity index (χ0v) is 11.9. The van der Waals surface area contributed by atoms with E-state index in [0.717, 1.165) is 12.8 Å². The summed E-state index contributed by atoms with van der Waals surface area (Å²) in [6, 6.07) is 0.170. The Morgan fingerprint density at radius 1 is 1.39 bits per heavy atom. The summed E-state index contributed by atoms with van der Waals surface area (Å²) in [5.74, 6) is 0.721. The minimum atomic E-state index is 0.133. The van der Waals surface area contributed by atoms with Crippen LogP contribution in [0.5, 0.6) is 5.75 Å². The summed E-state index contributed by atoms with van der Waals surface area (Å²) in [6.45, 7) is 6.19. The van der Waals surface area contributed by atoms with Gasteiger partial charge in [-0.05, 0) is 20.3 Å². The van der Waals surface area contributed by atoms with Crippen LogP contribution in [0.4, 0.5) is 0 Å². The van der Waals surface area contributed by atoms with E-state index in [0.29, 0.717) is 17.9 Å². The number of hydrogen-bond donors (Lipinski definition) is 0. The summed E-state index contributed by atoms with van der Waals surface area (Å²) in [7, 11) is 1.58. The monoisotopic (exact) mass is 252 g/mol. The molecule has 1 aromatic rings. The van der Waals surface area contributed by atoms with Crippen LogP contribution in [0.2, 0.25) is 0 Å². The number of carbonyl (C=O) groups excluding carboxylic acids is 1. The lowest BCUT2D eigenvalue weighted by Gasteiger charge is -2.11. The van der Waals surface area contributed by atoms with Crippen molar-refractivity contribution in [3.05, 3.63) is 11.9 Å². The predicted molar refractivity (Wildman–Crippen MR) is 72.3 cm³/mol. The molecule has 1 aromatic heterocycles. The van der Waals surface area contributed by atoms with E-state index in [-0.39, 0.29) is 11.8 Å². The van der Waals surface area contributed by atoms with Crippen LogP contribution < -0.4 is 4.74 Å². The number of Topliss-reactive ketones (excluding diaryl/α,β-unsaturated/α-hetero) is 1. The maximum Gasteiger partial charge on any atom is 0.184 e. The van der Waals surface area contributed by atoms with E-state index in [2.05, 4.69) is 12.0 Å². The van der Waals surface area contributed by atoms with Gasteiger partial charge in [0.15, 0.2) is 11.5 Å². The SMILES string of the molecule is CCCCCCC(=O)c1c(OC)cnn1C(C)C. The van der Waals surface area contributed by atoms with Gasteiger partial charge in [-0.15, -0.1) is 0 Å². The molecule has 0 atom stereocenters. The van der Waals surface area contributed by atoms with Gasteiger partial charge in [0.2, 0.25) is 0 Å². The number of rotatable bonds is 8. The zero-order valence-electron chi connectivity index (χ0n) is 11.9. The third kappa shape index (κ3) is 3.59. The Morgan fingerprint density at radius 3 is 2.67 bits per heavy atom. The minimum absolute atomic E-state index is 0.133. The largest absolute Gasteiger partial charge is 0.493 e. The minimum Gasteiger partial charge on any atom is -0.493 e. The first-order valence-electron chi connectivity index (χ1n) is 6.76. The highest BCUT2D eigenvalue weighted by Gasteiger charge is 2.20. The fourth-order valence-corrected chi connectivity index (χ4v) is 1.98. The van der Waals surface area contributed by atoms with Crippen molar-refractivity contribution < 1.29 is 9.53 Å². The van der Waals surface area contributed by atoms with Gasteiger partial charge >= 0.3 is 0 Å². The average molecular weight is 252 g/mol. The van der Waals surface area contributed by atoms with Gasteiger partial charge in [-0.25, -0.2) is 0 Å². The standard InChI is InChI=1S/C14H24N2O2/c1-5-6-7-8-9-12(17)14-13(18-4)10-15-16(14)11(2)3/h10-11H,5-9H2,1-4H3. The van der Waals surface area contributed by atoms with Gasteiger partial charge in [0.1, 0.15) is 5.69 Å². The summed E-state index contributed by atoms with van der Waals surface area (Å²) >= 11 is 0. The highest BCUT2D eigenvalue weighted by Crippen LogP contribution is 2.23. The lowest BCUT2D eigenvalue weighted by Crippen LogP contribution is -2.13. The molecule has 18 heavy (non-hydrogen) atoms. The summed E-state index contributed by atoms with van der Waals surface area (Å²) in [4.78, 5) is 12.2. The predicted octanol–water partition coefficient (Wildman–Crippen LogP) is 3.63. The van der Waals surface area contributed by atoms with Gasteiger partial charge in [-0.1, -0.05) is 26.2 Å². The summed E-state index contributed by atoms with van der Waals surface area (Å²) in [5, 5.41) is 4.22. The van der Waals surface area contributed by atoms with E-state index in [9.17, 15) is 4.79 Å². The van der Waals surface area contributed by atoms with Crippen molar-refractivity contribution in [1.82, 2.24) is 9.78 Å². The van der Waals surface area contributed by atoms with E-state index in [1.165, 1.54) is 12.8 Å². The maximum atomic E-state index is 12.2. The molecule has 0 aliphatic heterocycles. The van der Waals surface area contributed by atoms with Crippen molar-refractivity contribution in [3.63, 3.8) is 0 Å². The Kier molecular flexibility index (Phi) is 5.89. The molecule has 0 radical (unpaired) electrons. The van der Waals surface area contributed by atoms with E-state index >= 15 is 0 Å². The van der Waals surface area contributed by atoms with Crippen LogP contribution in [0.1, 0.15) is 69.4 Å². The van der Waals surface area contributed by atoms with Crippen LogP contribution in [-0.4, -0.2) is 22.7 Å². The van der Waals surface area contributed by atoms with E-state index in [1.54, 1.807) is 18.0 Å². The molecule has 4 heteroatoms. The summed E-state index contributed by atoms with van der Waals surface area (Å²) in [5.41, 5.74) is 0.615. The number of unbranched alkanes of at least 4 members (excludes halogenated alkanes) is 3. The Hall–Kier alpha value is -1.32. The molecule has 1 heterocycles. The quantitative estimate of drug-likeness (QED) is 0.524. The summed E-state index contributed by atoms with van der Waals surface area (Å²) < 4.78 is 6.97. The Balaban J connectivity index is 2.73. The van der Waals surface area contributed by atoms with Gasteiger partial charge < -0.3 is 4.74 Å². The second kappa shape index (κ2) is 7.19. The Morgan fingerprint density at radius 2 is 2.11 bits per heavy atom. The molecule has 0 amide bonds. The molecule has 0 unspecified atom stereocenters. The van der Waals surface area contributed by atoms with Crippen molar-refractivity contribution in [1.29, 1.82) is 0 Å². The van der Waals surface area contributed by atoms with Crippen LogP contribution in [0.25, 0.3) is 0 Å². The van der Waals surface area contributed by atoms with Crippen molar-refractivity contribution in [2.24, 2.45) is 0 Å². The van der Waals surface area contributed by atoms with Gasteiger partial charge in [0, 0.05) is 12.5 Å². The molecular weight excluding hydrogens is 228 g/mol. The molecule has 0 N–H and O–H groups in total. The van der Waals surface area contributed by atoms with Gasteiger partial charge in [-0.2, -0.15) is 5.10 Å². The van der Waals surface area contributed by atoms with Crippen molar-refractivity contribution in [3.8, 4) is 5.75 Å². The third-order valence-corrected chi connectivity index (χ3v) is 2.99. The number of hydrogen-bond acceptors (Lipinski definition) is 3. The molecular formula is C14H24N2O2. The maximum absolute atomic E-state index is 12.2. The van der Waals surface area contributed by atoms with Crippen LogP contribution in [-0.2, 0) is 0 Å². The second-order valence-electron chi connectivity index (χ2n) is 4.83. The molecule has 0 aliphatic carbocycles. The topological polar surface area (TPSA) is 44.1 Å². The molecule has 0 aromatic carbocycles. The van der Waals surface area contributed by atoms with E-state index in [4.69, 9.17) is 4.74 Å². The molecule has 0 saturated heterocycles. The third-order valence-electron chi connectivity index (χ3n) is 2.99. The first-order valence-corrected chi connectivity index (χ1v) is 6.76. The molecule has 0 bridgehead atoms. The lowest BCUT2D eigenvalue weighted by molar-refractivity contribution is 0.0963. The van der Waals surface area contributed by atoms with E-state index < -0.39 is 0 Å². The lowest BCUT2D eigenvalue weighted by atomic mass is 10.1. The number of methoxy groups -OCH3 is 1.